The van der Waals surface area contributed by atoms with Crippen LogP contribution in [0.15, 0.2) is 30.5 Å². The fourth-order valence-electron chi connectivity index (χ4n) is 1.92. The van der Waals surface area contributed by atoms with Gasteiger partial charge in [-0.05, 0) is 24.6 Å². The molecule has 0 aliphatic carbocycles. The van der Waals surface area contributed by atoms with Crippen molar-refractivity contribution in [3.8, 4) is 5.75 Å². The molecular formula is C14H19N5O2. The van der Waals surface area contributed by atoms with Gasteiger partial charge in [0.1, 0.15) is 12.3 Å². The average Bonchev–Trinajstić information content (AvgIpc) is 2.94. The van der Waals surface area contributed by atoms with Crippen LogP contribution in [0.3, 0.4) is 0 Å². The Hall–Kier alpha value is -2.41. The van der Waals surface area contributed by atoms with E-state index in [2.05, 4.69) is 15.6 Å². The Bertz CT molecular complexity index is 594. The minimum Gasteiger partial charge on any atom is -0.497 e. The van der Waals surface area contributed by atoms with Crippen molar-refractivity contribution >= 4 is 5.91 Å². The van der Waals surface area contributed by atoms with Gasteiger partial charge in [-0.1, -0.05) is 17.3 Å². The minimum atomic E-state index is -0.133. The molecule has 7 nitrogen and oxygen atoms in total. The average molecular weight is 289 g/mol. The highest BCUT2D eigenvalue weighted by Crippen LogP contribution is 2.17. The predicted molar refractivity (Wildman–Crippen MR) is 77.5 cm³/mol. The normalized spacial score (nSPS) is 12.0. The second-order valence-electron chi connectivity index (χ2n) is 4.67. The molecule has 112 valence electrons. The maximum Gasteiger partial charge on any atom is 0.242 e. The summed E-state index contributed by atoms with van der Waals surface area (Å²) in [5, 5.41) is 10.6. The number of amides is 1. The number of benzene rings is 1. The number of nitrogens with one attached hydrogen (secondary N) is 1. The highest BCUT2D eigenvalue weighted by atomic mass is 16.5. The smallest absolute Gasteiger partial charge is 0.242 e. The van der Waals surface area contributed by atoms with Gasteiger partial charge in [0.15, 0.2) is 0 Å². The summed E-state index contributed by atoms with van der Waals surface area (Å²) in [7, 11) is 1.62. The third kappa shape index (κ3) is 4.03. The van der Waals surface area contributed by atoms with Crippen LogP contribution in [0, 0.1) is 0 Å². The Morgan fingerprint density at radius 3 is 2.71 bits per heavy atom. The lowest BCUT2D eigenvalue weighted by Crippen LogP contribution is -2.30. The standard InChI is InChI=1S/C14H19N5O2/c1-10(11-3-5-13(21-2)6-4-11)16-14(20)9-19-8-12(7-15)17-18-19/h3-6,8,10H,7,9,15H2,1-2H3,(H,16,20). The van der Waals surface area contributed by atoms with Gasteiger partial charge >= 0.3 is 0 Å². The third-order valence-corrected chi connectivity index (χ3v) is 3.09. The molecule has 1 unspecified atom stereocenters. The van der Waals surface area contributed by atoms with E-state index in [1.54, 1.807) is 13.3 Å². The molecule has 21 heavy (non-hydrogen) atoms. The number of methoxy groups -OCH3 is 1. The molecule has 0 bridgehead atoms. The van der Waals surface area contributed by atoms with Gasteiger partial charge < -0.3 is 15.8 Å². The van der Waals surface area contributed by atoms with Gasteiger partial charge in [-0.15, -0.1) is 5.10 Å². The summed E-state index contributed by atoms with van der Waals surface area (Å²) in [4.78, 5) is 12.0. The van der Waals surface area contributed by atoms with Crippen molar-refractivity contribution < 1.29 is 9.53 Å². The highest BCUT2D eigenvalue weighted by molar-refractivity contribution is 5.76. The zero-order chi connectivity index (χ0) is 15.2. The fourth-order valence-corrected chi connectivity index (χ4v) is 1.92. The second kappa shape index (κ2) is 6.85. The van der Waals surface area contributed by atoms with E-state index >= 15 is 0 Å². The maximum absolute atomic E-state index is 12.0. The lowest BCUT2D eigenvalue weighted by molar-refractivity contribution is -0.122. The molecule has 1 aromatic carbocycles. The van der Waals surface area contributed by atoms with Crippen LogP contribution in [0.2, 0.25) is 0 Å². The maximum atomic E-state index is 12.0. The van der Waals surface area contributed by atoms with E-state index in [-0.39, 0.29) is 18.5 Å². The zero-order valence-corrected chi connectivity index (χ0v) is 12.1. The van der Waals surface area contributed by atoms with Gasteiger partial charge in [0.2, 0.25) is 5.91 Å². The molecule has 7 heteroatoms. The summed E-state index contributed by atoms with van der Waals surface area (Å²) >= 11 is 0. The Labute approximate surface area is 123 Å². The van der Waals surface area contributed by atoms with E-state index in [9.17, 15) is 4.79 Å². The molecule has 3 N–H and O–H groups in total. The van der Waals surface area contributed by atoms with E-state index in [4.69, 9.17) is 10.5 Å². The molecule has 1 aromatic heterocycles. The van der Waals surface area contributed by atoms with E-state index < -0.39 is 0 Å². The molecule has 0 radical (unpaired) electrons. The molecule has 1 atom stereocenters. The van der Waals surface area contributed by atoms with Crippen molar-refractivity contribution in [2.45, 2.75) is 26.1 Å². The van der Waals surface area contributed by atoms with Gasteiger partial charge in [-0.2, -0.15) is 0 Å². The van der Waals surface area contributed by atoms with Crippen molar-refractivity contribution in [3.05, 3.63) is 41.7 Å². The van der Waals surface area contributed by atoms with Crippen molar-refractivity contribution in [1.29, 1.82) is 0 Å². The quantitative estimate of drug-likeness (QED) is 0.813. The monoisotopic (exact) mass is 289 g/mol. The van der Waals surface area contributed by atoms with E-state index in [1.807, 2.05) is 31.2 Å². The Morgan fingerprint density at radius 1 is 1.43 bits per heavy atom. The van der Waals surface area contributed by atoms with Crippen molar-refractivity contribution in [2.75, 3.05) is 7.11 Å². The first-order valence-electron chi connectivity index (χ1n) is 6.64. The predicted octanol–water partition coefficient (Wildman–Crippen LogP) is 0.623. The summed E-state index contributed by atoms with van der Waals surface area (Å²) < 4.78 is 6.58. The number of carbonyl (C=O) groups excluding carboxylic acids is 1. The van der Waals surface area contributed by atoms with Crippen molar-refractivity contribution in [1.82, 2.24) is 20.3 Å². The van der Waals surface area contributed by atoms with Crippen LogP contribution in [-0.2, 0) is 17.9 Å². The van der Waals surface area contributed by atoms with Crippen LogP contribution in [0.4, 0.5) is 0 Å². The van der Waals surface area contributed by atoms with Crippen LogP contribution in [0.1, 0.15) is 24.2 Å². The van der Waals surface area contributed by atoms with Crippen molar-refractivity contribution in [2.24, 2.45) is 5.73 Å². The van der Waals surface area contributed by atoms with Gasteiger partial charge in [-0.3, -0.25) is 4.79 Å². The number of ether oxygens (including phenoxy) is 1. The molecule has 0 aliphatic rings. The lowest BCUT2D eigenvalue weighted by atomic mass is 10.1. The lowest BCUT2D eigenvalue weighted by Gasteiger charge is -2.14. The molecule has 2 aromatic rings. The molecule has 1 heterocycles. The number of hydrogen-bond acceptors (Lipinski definition) is 5. The van der Waals surface area contributed by atoms with E-state index in [0.717, 1.165) is 11.3 Å². The van der Waals surface area contributed by atoms with Crippen molar-refractivity contribution in [3.63, 3.8) is 0 Å². The summed E-state index contributed by atoms with van der Waals surface area (Å²) in [5.41, 5.74) is 7.11. The molecule has 0 spiro atoms. The van der Waals surface area contributed by atoms with Gasteiger partial charge in [0, 0.05) is 6.54 Å². The van der Waals surface area contributed by atoms with Crippen LogP contribution >= 0.6 is 0 Å². The Morgan fingerprint density at radius 2 is 2.14 bits per heavy atom. The van der Waals surface area contributed by atoms with Gasteiger partial charge in [-0.25, -0.2) is 4.68 Å². The number of rotatable bonds is 6. The number of aromatic nitrogens is 3. The van der Waals surface area contributed by atoms with Crippen LogP contribution in [-0.4, -0.2) is 28.0 Å². The fraction of sp³-hybridized carbons (Fsp3) is 0.357. The molecule has 0 aliphatic heterocycles. The number of carbonyl (C=O) groups is 1. The van der Waals surface area contributed by atoms with E-state index in [1.165, 1.54) is 4.68 Å². The van der Waals surface area contributed by atoms with Crippen LogP contribution in [0.25, 0.3) is 0 Å². The molecular weight excluding hydrogens is 270 g/mol. The van der Waals surface area contributed by atoms with Gasteiger partial charge in [0.05, 0.1) is 25.0 Å². The van der Waals surface area contributed by atoms with Gasteiger partial charge in [0.25, 0.3) is 0 Å². The SMILES string of the molecule is COc1ccc(C(C)NC(=O)Cn2cc(CN)nn2)cc1. The third-order valence-electron chi connectivity index (χ3n) is 3.09. The number of nitrogens with zero attached hydrogens (tertiary/aromatic N) is 3. The minimum absolute atomic E-state index is 0.0964. The largest absolute Gasteiger partial charge is 0.497 e. The molecule has 0 saturated carbocycles. The Kier molecular flexibility index (Phi) is 4.89. The molecule has 0 fully saturated rings. The number of nitrogens with two attached hydrogens (primary N) is 1. The first kappa shape index (κ1) is 15.0. The highest BCUT2D eigenvalue weighted by Gasteiger charge is 2.11. The summed E-state index contributed by atoms with van der Waals surface area (Å²) in [6.07, 6.45) is 1.66. The first-order chi connectivity index (χ1) is 10.1. The molecule has 2 rings (SSSR count). The molecule has 1 amide bonds. The topological polar surface area (TPSA) is 95.1 Å². The van der Waals surface area contributed by atoms with Crippen LogP contribution < -0.4 is 15.8 Å². The summed E-state index contributed by atoms with van der Waals surface area (Å²) in [5.74, 6) is 0.654. The zero-order valence-electron chi connectivity index (χ0n) is 12.1. The first-order valence-corrected chi connectivity index (χ1v) is 6.64. The second-order valence-corrected chi connectivity index (χ2v) is 4.67. The Balaban J connectivity index is 1.91. The summed E-state index contributed by atoms with van der Waals surface area (Å²) in [6, 6.07) is 7.48. The van der Waals surface area contributed by atoms with Crippen LogP contribution in [0.5, 0.6) is 5.75 Å². The van der Waals surface area contributed by atoms with E-state index in [0.29, 0.717) is 12.2 Å². The summed E-state index contributed by atoms with van der Waals surface area (Å²) in [6.45, 7) is 2.35. The number of hydrogen-bond donors (Lipinski definition) is 2. The molecule has 0 saturated heterocycles.